The predicted octanol–water partition coefficient (Wildman–Crippen LogP) is 3.94. The molecule has 0 amide bonds. The number of hydrogen-bond donors (Lipinski definition) is 2. The molecule has 0 spiro atoms. The fraction of sp³-hybridized carbons (Fsp3) is 0.154. The van der Waals surface area contributed by atoms with Crippen molar-refractivity contribution in [2.75, 3.05) is 5.32 Å². The van der Waals surface area contributed by atoms with E-state index in [4.69, 9.17) is 9.52 Å². The quantitative estimate of drug-likeness (QED) is 0.880. The number of hydrogen-bond acceptors (Lipinski definition) is 3. The molecule has 0 aliphatic carbocycles. The average molecular weight is 346 g/mol. The van der Waals surface area contributed by atoms with Crippen molar-refractivity contribution in [1.82, 2.24) is 0 Å². The number of nitrogens with one attached hydrogen (secondary N) is 1. The maximum Gasteiger partial charge on any atom is 0.371 e. The Kier molecular flexibility index (Phi) is 4.08. The number of carboxylic acids is 1. The number of rotatable bonds is 4. The molecule has 2 aromatic rings. The Morgan fingerprint density at radius 1 is 1.35 bits per heavy atom. The Morgan fingerprint density at radius 2 is 1.95 bits per heavy atom. The van der Waals surface area contributed by atoms with Crippen LogP contribution in [-0.2, 0) is 6.54 Å². The molecule has 7 heteroatoms. The molecule has 4 nitrogen and oxygen atoms in total. The molecule has 0 bridgehead atoms. The van der Waals surface area contributed by atoms with Gasteiger partial charge in [0.2, 0.25) is 5.76 Å². The first kappa shape index (κ1) is 14.5. The molecule has 0 radical (unpaired) electrons. The molecule has 1 heterocycles. The van der Waals surface area contributed by atoms with E-state index in [1.165, 1.54) is 6.07 Å². The molecular formula is C13H10BrF2NO3. The van der Waals surface area contributed by atoms with Crippen LogP contribution in [0, 0.1) is 18.6 Å². The van der Waals surface area contributed by atoms with Gasteiger partial charge >= 0.3 is 5.97 Å². The summed E-state index contributed by atoms with van der Waals surface area (Å²) in [5, 5.41) is 11.4. The van der Waals surface area contributed by atoms with Crippen LogP contribution in [0.2, 0.25) is 0 Å². The minimum atomic E-state index is -1.19. The molecule has 0 saturated carbocycles. The van der Waals surface area contributed by atoms with Crippen LogP contribution in [0.25, 0.3) is 0 Å². The molecule has 0 saturated heterocycles. The average Bonchev–Trinajstić information content (AvgIpc) is 2.70. The molecule has 20 heavy (non-hydrogen) atoms. The number of carboxylic acid groups (broad SMARTS) is 1. The number of furan rings is 1. The number of aromatic carboxylic acids is 1. The second-order valence-corrected chi connectivity index (χ2v) is 5.01. The minimum Gasteiger partial charge on any atom is -0.475 e. The zero-order valence-corrected chi connectivity index (χ0v) is 11.9. The van der Waals surface area contributed by atoms with Crippen LogP contribution in [0.3, 0.4) is 0 Å². The van der Waals surface area contributed by atoms with E-state index >= 15 is 0 Å². The molecule has 0 unspecified atom stereocenters. The van der Waals surface area contributed by atoms with E-state index in [2.05, 4.69) is 21.2 Å². The molecule has 2 N–H and O–H groups in total. The van der Waals surface area contributed by atoms with Crippen molar-refractivity contribution < 1.29 is 23.1 Å². The summed E-state index contributed by atoms with van der Waals surface area (Å²) in [5.74, 6) is -2.50. The number of anilines is 1. The third-order valence-corrected chi connectivity index (χ3v) is 3.15. The predicted molar refractivity (Wildman–Crippen MR) is 71.8 cm³/mol. The van der Waals surface area contributed by atoms with E-state index < -0.39 is 17.6 Å². The maximum atomic E-state index is 13.6. The van der Waals surface area contributed by atoms with Gasteiger partial charge in [-0.1, -0.05) is 15.9 Å². The van der Waals surface area contributed by atoms with Crippen LogP contribution < -0.4 is 5.32 Å². The lowest BCUT2D eigenvalue weighted by molar-refractivity contribution is 0.0661. The van der Waals surface area contributed by atoms with Crippen molar-refractivity contribution in [2.45, 2.75) is 13.5 Å². The summed E-state index contributed by atoms with van der Waals surface area (Å²) in [5.41, 5.74) is 0.245. The Morgan fingerprint density at radius 3 is 2.45 bits per heavy atom. The lowest BCUT2D eigenvalue weighted by atomic mass is 10.2. The summed E-state index contributed by atoms with van der Waals surface area (Å²) in [7, 11) is 0. The van der Waals surface area contributed by atoms with Crippen molar-refractivity contribution >= 4 is 27.6 Å². The highest BCUT2D eigenvalue weighted by Gasteiger charge is 2.15. The topological polar surface area (TPSA) is 62.5 Å². The SMILES string of the molecule is Cc1oc(C(=O)O)cc1CNc1c(F)cc(Br)cc1F. The van der Waals surface area contributed by atoms with Crippen LogP contribution in [0.15, 0.2) is 27.1 Å². The lowest BCUT2D eigenvalue weighted by Gasteiger charge is -2.08. The van der Waals surface area contributed by atoms with Crippen molar-refractivity contribution in [3.63, 3.8) is 0 Å². The van der Waals surface area contributed by atoms with Gasteiger partial charge in [-0.15, -0.1) is 0 Å². The largest absolute Gasteiger partial charge is 0.475 e. The standard InChI is InChI=1S/C13H10BrF2NO3/c1-6-7(2-11(20-6)13(18)19)5-17-12-9(15)3-8(14)4-10(12)16/h2-4,17H,5H2,1H3,(H,18,19). The summed E-state index contributed by atoms with van der Waals surface area (Å²) in [6.45, 7) is 1.63. The van der Waals surface area contributed by atoms with Gasteiger partial charge in [-0.2, -0.15) is 0 Å². The fourth-order valence-electron chi connectivity index (χ4n) is 1.70. The smallest absolute Gasteiger partial charge is 0.371 e. The number of halogens is 3. The molecule has 2 rings (SSSR count). The number of carbonyl (C=O) groups is 1. The van der Waals surface area contributed by atoms with E-state index in [-0.39, 0.29) is 18.0 Å². The fourth-order valence-corrected chi connectivity index (χ4v) is 2.10. The van der Waals surface area contributed by atoms with E-state index in [0.29, 0.717) is 15.8 Å². The highest BCUT2D eigenvalue weighted by molar-refractivity contribution is 9.10. The number of aryl methyl sites for hydroxylation is 1. The monoisotopic (exact) mass is 345 g/mol. The zero-order chi connectivity index (χ0) is 14.9. The van der Waals surface area contributed by atoms with Gasteiger partial charge < -0.3 is 14.8 Å². The van der Waals surface area contributed by atoms with Gasteiger partial charge in [-0.05, 0) is 25.1 Å². The molecule has 1 aromatic carbocycles. The third kappa shape index (κ3) is 2.98. The molecule has 0 aliphatic heterocycles. The van der Waals surface area contributed by atoms with Gasteiger partial charge in [0.15, 0.2) is 0 Å². The third-order valence-electron chi connectivity index (χ3n) is 2.69. The highest BCUT2D eigenvalue weighted by Crippen LogP contribution is 2.25. The second kappa shape index (κ2) is 5.62. The minimum absolute atomic E-state index is 0.0537. The zero-order valence-electron chi connectivity index (χ0n) is 10.3. The van der Waals surface area contributed by atoms with Crippen LogP contribution in [0.5, 0.6) is 0 Å². The number of benzene rings is 1. The van der Waals surface area contributed by atoms with E-state index in [1.54, 1.807) is 6.92 Å². The van der Waals surface area contributed by atoms with Crippen LogP contribution in [0.1, 0.15) is 21.9 Å². The van der Waals surface area contributed by atoms with E-state index in [0.717, 1.165) is 12.1 Å². The van der Waals surface area contributed by atoms with E-state index in [1.807, 2.05) is 0 Å². The first-order chi connectivity index (χ1) is 9.38. The maximum absolute atomic E-state index is 13.6. The van der Waals surface area contributed by atoms with Crippen molar-refractivity contribution in [3.8, 4) is 0 Å². The molecule has 0 atom stereocenters. The first-order valence-electron chi connectivity index (χ1n) is 5.59. The Bertz CT molecular complexity index is 647. The summed E-state index contributed by atoms with van der Waals surface area (Å²) in [6, 6.07) is 3.59. The van der Waals surface area contributed by atoms with Crippen LogP contribution >= 0.6 is 15.9 Å². The Hall–Kier alpha value is -1.89. The summed E-state index contributed by atoms with van der Waals surface area (Å²) in [4.78, 5) is 10.7. The van der Waals surface area contributed by atoms with Gasteiger partial charge in [-0.3, -0.25) is 0 Å². The summed E-state index contributed by atoms with van der Waals surface area (Å²) >= 11 is 2.99. The summed E-state index contributed by atoms with van der Waals surface area (Å²) in [6.07, 6.45) is 0. The Balaban J connectivity index is 2.19. The van der Waals surface area contributed by atoms with Gasteiger partial charge in [0.1, 0.15) is 23.1 Å². The molecule has 0 aliphatic rings. The molecular weight excluding hydrogens is 336 g/mol. The lowest BCUT2D eigenvalue weighted by Crippen LogP contribution is -2.04. The molecule has 0 fully saturated rings. The van der Waals surface area contributed by atoms with Crippen molar-refractivity contribution in [1.29, 1.82) is 0 Å². The van der Waals surface area contributed by atoms with Crippen LogP contribution in [0.4, 0.5) is 14.5 Å². The highest BCUT2D eigenvalue weighted by atomic mass is 79.9. The van der Waals surface area contributed by atoms with Gasteiger partial charge in [0.05, 0.1) is 0 Å². The van der Waals surface area contributed by atoms with Gasteiger partial charge in [0, 0.05) is 16.6 Å². The molecule has 1 aromatic heterocycles. The molecule has 106 valence electrons. The normalized spacial score (nSPS) is 10.6. The second-order valence-electron chi connectivity index (χ2n) is 4.10. The van der Waals surface area contributed by atoms with E-state index in [9.17, 15) is 13.6 Å². The van der Waals surface area contributed by atoms with Gasteiger partial charge in [0.25, 0.3) is 0 Å². The Labute approximate surface area is 121 Å². The summed E-state index contributed by atoms with van der Waals surface area (Å²) < 4.78 is 32.5. The van der Waals surface area contributed by atoms with Gasteiger partial charge in [-0.25, -0.2) is 13.6 Å². The van der Waals surface area contributed by atoms with Crippen molar-refractivity contribution in [2.24, 2.45) is 0 Å². The van der Waals surface area contributed by atoms with Crippen LogP contribution in [-0.4, -0.2) is 11.1 Å². The first-order valence-corrected chi connectivity index (χ1v) is 6.39. The van der Waals surface area contributed by atoms with Crippen molar-refractivity contribution in [3.05, 3.63) is 51.4 Å².